The van der Waals surface area contributed by atoms with Gasteiger partial charge in [0.15, 0.2) is 0 Å². The third kappa shape index (κ3) is 6.55. The van der Waals surface area contributed by atoms with Crippen molar-refractivity contribution in [1.29, 1.82) is 0 Å². The van der Waals surface area contributed by atoms with Crippen LogP contribution < -0.4 is 10.6 Å². The summed E-state index contributed by atoms with van der Waals surface area (Å²) in [5.74, 6) is -0.541. The maximum absolute atomic E-state index is 13.4. The Morgan fingerprint density at radius 2 is 1.97 bits per heavy atom. The van der Waals surface area contributed by atoms with E-state index in [0.29, 0.717) is 31.9 Å². The van der Waals surface area contributed by atoms with Gasteiger partial charge in [-0.15, -0.1) is 24.8 Å². The van der Waals surface area contributed by atoms with Crippen LogP contribution in [0, 0.1) is 6.92 Å². The number of nitrogens with one attached hydrogen (secondary N) is 2. The Kier molecular flexibility index (Phi) is 9.84. The molecule has 1 aliphatic rings. The lowest BCUT2D eigenvalue weighted by molar-refractivity contribution is -0.183. The molecule has 0 aromatic carbocycles. The van der Waals surface area contributed by atoms with Crippen LogP contribution in [0.15, 0.2) is 29.0 Å². The van der Waals surface area contributed by atoms with Crippen LogP contribution >= 0.6 is 36.2 Å². The first-order valence-corrected chi connectivity index (χ1v) is 9.60. The predicted octanol–water partition coefficient (Wildman–Crippen LogP) is 3.53. The number of nitrogens with zero attached hydrogens (tertiary/aromatic N) is 2. The number of amides is 1. The van der Waals surface area contributed by atoms with Crippen LogP contribution in [0.25, 0.3) is 11.3 Å². The van der Waals surface area contributed by atoms with E-state index in [1.54, 1.807) is 30.4 Å². The van der Waals surface area contributed by atoms with Crippen molar-refractivity contribution in [2.45, 2.75) is 19.1 Å². The Labute approximate surface area is 183 Å². The number of hydrogen-bond acceptors (Lipinski definition) is 5. The number of aromatic nitrogens is 1. The van der Waals surface area contributed by atoms with Gasteiger partial charge in [-0.1, -0.05) is 0 Å². The van der Waals surface area contributed by atoms with Crippen LogP contribution in [0.5, 0.6) is 0 Å². The van der Waals surface area contributed by atoms with E-state index in [1.165, 1.54) is 4.90 Å². The molecule has 2 aromatic rings. The second-order valence-corrected chi connectivity index (χ2v) is 7.17. The number of aryl methyl sites for hydroxylation is 1. The lowest BCUT2D eigenvalue weighted by atomic mass is 10.1. The van der Waals surface area contributed by atoms with Crippen LogP contribution in [0.2, 0.25) is 0 Å². The number of thiophene rings is 1. The smallest absolute Gasteiger partial charge is 0.350 e. The van der Waals surface area contributed by atoms with E-state index in [0.717, 1.165) is 11.3 Å². The van der Waals surface area contributed by atoms with E-state index in [-0.39, 0.29) is 30.4 Å². The molecule has 0 bridgehead atoms. The molecule has 5 nitrogen and oxygen atoms in total. The fourth-order valence-electron chi connectivity index (χ4n) is 3.10. The molecule has 1 unspecified atom stereocenters. The van der Waals surface area contributed by atoms with Gasteiger partial charge in [0.1, 0.15) is 6.04 Å². The van der Waals surface area contributed by atoms with Crippen molar-refractivity contribution in [1.82, 2.24) is 20.5 Å². The molecular formula is C18H23Cl2F3N4OS. The van der Waals surface area contributed by atoms with Crippen molar-refractivity contribution in [3.63, 3.8) is 0 Å². The molecule has 1 saturated heterocycles. The summed E-state index contributed by atoms with van der Waals surface area (Å²) in [7, 11) is 0. The number of alkyl halides is 3. The van der Waals surface area contributed by atoms with E-state index in [1.807, 2.05) is 16.8 Å². The molecule has 3 heterocycles. The molecule has 1 atom stereocenters. The van der Waals surface area contributed by atoms with Gasteiger partial charge in [-0.3, -0.25) is 14.7 Å². The highest BCUT2D eigenvalue weighted by Gasteiger charge is 2.43. The molecule has 1 amide bonds. The molecule has 1 fully saturated rings. The van der Waals surface area contributed by atoms with E-state index in [4.69, 9.17) is 0 Å². The SMILES string of the molecule is Cc1nc(-c2ccsc2)ccc1C(=O)NCC(N1CCNCC1)C(F)(F)F.Cl.Cl. The summed E-state index contributed by atoms with van der Waals surface area (Å²) in [5.41, 5.74) is 2.46. The van der Waals surface area contributed by atoms with E-state index >= 15 is 0 Å². The van der Waals surface area contributed by atoms with Gasteiger partial charge in [0.2, 0.25) is 0 Å². The molecule has 1 aliphatic heterocycles. The van der Waals surface area contributed by atoms with Crippen molar-refractivity contribution in [3.8, 4) is 11.3 Å². The summed E-state index contributed by atoms with van der Waals surface area (Å²) in [4.78, 5) is 18.2. The molecule has 0 radical (unpaired) electrons. The number of hydrogen-bond donors (Lipinski definition) is 2. The number of rotatable bonds is 5. The summed E-state index contributed by atoms with van der Waals surface area (Å²) in [6.07, 6.45) is -4.40. The zero-order chi connectivity index (χ0) is 19.4. The van der Waals surface area contributed by atoms with Crippen molar-refractivity contribution < 1.29 is 18.0 Å². The molecule has 11 heteroatoms. The van der Waals surface area contributed by atoms with Crippen LogP contribution in [0.1, 0.15) is 16.1 Å². The summed E-state index contributed by atoms with van der Waals surface area (Å²) in [6, 6.07) is 3.55. The zero-order valence-corrected chi connectivity index (χ0v) is 18.1. The summed E-state index contributed by atoms with van der Waals surface area (Å²) < 4.78 is 40.3. The van der Waals surface area contributed by atoms with E-state index in [9.17, 15) is 18.0 Å². The van der Waals surface area contributed by atoms with E-state index in [2.05, 4.69) is 15.6 Å². The largest absolute Gasteiger partial charge is 0.405 e. The van der Waals surface area contributed by atoms with Crippen molar-refractivity contribution in [2.75, 3.05) is 32.7 Å². The Bertz CT molecular complexity index is 784. The van der Waals surface area contributed by atoms with Gasteiger partial charge in [0, 0.05) is 43.7 Å². The normalized spacial score (nSPS) is 15.7. The number of carbonyl (C=O) groups is 1. The maximum Gasteiger partial charge on any atom is 0.405 e. The van der Waals surface area contributed by atoms with Crippen molar-refractivity contribution in [2.24, 2.45) is 0 Å². The summed E-state index contributed by atoms with van der Waals surface area (Å²) >= 11 is 1.54. The zero-order valence-electron chi connectivity index (χ0n) is 15.7. The Morgan fingerprint density at radius 3 is 2.52 bits per heavy atom. The first-order valence-electron chi connectivity index (χ1n) is 8.66. The molecule has 0 aliphatic carbocycles. The molecule has 0 saturated carbocycles. The molecule has 3 rings (SSSR count). The average molecular weight is 471 g/mol. The second kappa shape index (κ2) is 11.1. The van der Waals surface area contributed by atoms with Crippen molar-refractivity contribution in [3.05, 3.63) is 40.2 Å². The third-order valence-corrected chi connectivity index (χ3v) is 5.26. The van der Waals surface area contributed by atoms with E-state index < -0.39 is 24.7 Å². The van der Waals surface area contributed by atoms with Gasteiger partial charge in [-0.2, -0.15) is 24.5 Å². The average Bonchev–Trinajstić information content (AvgIpc) is 3.16. The first-order chi connectivity index (χ1) is 12.9. The first kappa shape index (κ1) is 25.6. The van der Waals surface area contributed by atoms with Gasteiger partial charge in [0.05, 0.1) is 17.0 Å². The molecule has 162 valence electrons. The minimum Gasteiger partial charge on any atom is -0.350 e. The number of carbonyl (C=O) groups excluding carboxylic acids is 1. The van der Waals surface area contributed by atoms with Gasteiger partial charge in [-0.25, -0.2) is 0 Å². The molecule has 29 heavy (non-hydrogen) atoms. The number of pyridine rings is 1. The Balaban J connectivity index is 0.00000210. The lowest BCUT2D eigenvalue weighted by Gasteiger charge is -2.35. The van der Waals surface area contributed by atoms with Crippen LogP contribution in [0.4, 0.5) is 13.2 Å². The molecule has 2 N–H and O–H groups in total. The van der Waals surface area contributed by atoms with Crippen molar-refractivity contribution >= 4 is 42.1 Å². The predicted molar refractivity (Wildman–Crippen MR) is 113 cm³/mol. The fraction of sp³-hybridized carbons (Fsp3) is 0.444. The summed E-state index contributed by atoms with van der Waals surface area (Å²) in [5, 5.41) is 9.35. The minimum atomic E-state index is -4.40. The minimum absolute atomic E-state index is 0. The van der Waals surface area contributed by atoms with Gasteiger partial charge >= 0.3 is 6.18 Å². The second-order valence-electron chi connectivity index (χ2n) is 6.39. The number of piperazine rings is 1. The quantitative estimate of drug-likeness (QED) is 0.701. The molecule has 0 spiro atoms. The topological polar surface area (TPSA) is 57.3 Å². The van der Waals surface area contributed by atoms with Crippen LogP contribution in [-0.4, -0.2) is 60.7 Å². The highest BCUT2D eigenvalue weighted by atomic mass is 35.5. The fourth-order valence-corrected chi connectivity index (χ4v) is 3.75. The lowest BCUT2D eigenvalue weighted by Crippen LogP contribution is -2.57. The van der Waals surface area contributed by atoms with Crippen LogP contribution in [-0.2, 0) is 0 Å². The highest BCUT2D eigenvalue weighted by molar-refractivity contribution is 7.08. The number of halogens is 5. The summed E-state index contributed by atoms with van der Waals surface area (Å²) in [6.45, 7) is 2.82. The van der Waals surface area contributed by atoms with Gasteiger partial charge in [-0.05, 0) is 30.5 Å². The molecular weight excluding hydrogens is 448 g/mol. The van der Waals surface area contributed by atoms with Crippen LogP contribution in [0.3, 0.4) is 0 Å². The maximum atomic E-state index is 13.4. The standard InChI is InChI=1S/C18H21F3N4OS.2ClH/c1-12-14(2-3-15(24-12)13-4-9-27-11-13)17(26)23-10-16(18(19,20)21)25-7-5-22-6-8-25;;/h2-4,9,11,16,22H,5-8,10H2,1H3,(H,23,26);2*1H. The van der Waals surface area contributed by atoms with Gasteiger partial charge < -0.3 is 10.6 Å². The Hall–Kier alpha value is -1.39. The highest BCUT2D eigenvalue weighted by Crippen LogP contribution is 2.25. The van der Waals surface area contributed by atoms with Gasteiger partial charge in [0.25, 0.3) is 5.91 Å². The Morgan fingerprint density at radius 1 is 1.28 bits per heavy atom. The molecule has 2 aromatic heterocycles. The third-order valence-electron chi connectivity index (χ3n) is 4.57. The monoisotopic (exact) mass is 470 g/mol.